The van der Waals surface area contributed by atoms with E-state index < -0.39 is 0 Å². The van der Waals surface area contributed by atoms with Gasteiger partial charge in [0.2, 0.25) is 5.91 Å². The molecule has 0 aliphatic heterocycles. The molecule has 0 saturated carbocycles. The van der Waals surface area contributed by atoms with Gasteiger partial charge in [-0.3, -0.25) is 9.78 Å². The maximum atomic E-state index is 12.1. The first-order valence-electron chi connectivity index (χ1n) is 8.05. The van der Waals surface area contributed by atoms with E-state index in [9.17, 15) is 4.79 Å². The number of likely N-dealkylation sites (N-methyl/N-ethyl adjacent to an activating group) is 1. The first kappa shape index (κ1) is 17.2. The topological polar surface area (TPSA) is 45.2 Å². The Balaban J connectivity index is 1.65. The van der Waals surface area contributed by atoms with Gasteiger partial charge in [-0.25, -0.2) is 0 Å². The first-order chi connectivity index (χ1) is 11.2. The summed E-state index contributed by atoms with van der Waals surface area (Å²) in [6.07, 6.45) is 4.96. The van der Waals surface area contributed by atoms with Crippen LogP contribution < -0.4 is 5.32 Å². The third kappa shape index (κ3) is 5.83. The molecule has 1 aromatic carbocycles. The number of aryl methyl sites for hydroxylation is 1. The van der Waals surface area contributed by atoms with E-state index in [4.69, 9.17) is 0 Å². The third-order valence-corrected chi connectivity index (χ3v) is 4.00. The molecule has 0 aliphatic rings. The van der Waals surface area contributed by atoms with Crippen LogP contribution in [-0.2, 0) is 17.8 Å². The van der Waals surface area contributed by atoms with Gasteiger partial charge < -0.3 is 10.2 Å². The van der Waals surface area contributed by atoms with Gasteiger partial charge in [-0.2, -0.15) is 0 Å². The fraction of sp³-hybridized carbons (Fsp3) is 0.368. The maximum Gasteiger partial charge on any atom is 0.223 e. The normalized spacial score (nSPS) is 10.5. The molecule has 1 N–H and O–H groups in total. The number of carbonyl (C=O) groups is 1. The lowest BCUT2D eigenvalue weighted by atomic mass is 10.1. The number of aromatic nitrogens is 1. The molecule has 2 rings (SSSR count). The van der Waals surface area contributed by atoms with Crippen molar-refractivity contribution in [1.29, 1.82) is 0 Å². The lowest BCUT2D eigenvalue weighted by Crippen LogP contribution is -2.31. The van der Waals surface area contributed by atoms with E-state index in [1.807, 2.05) is 31.3 Å². The molecule has 1 aromatic heterocycles. The molecule has 0 saturated heterocycles. The second-order valence-electron chi connectivity index (χ2n) is 5.77. The Hall–Kier alpha value is -2.20. The van der Waals surface area contributed by atoms with Gasteiger partial charge in [-0.05, 0) is 42.2 Å². The Bertz CT molecular complexity index is 613. The van der Waals surface area contributed by atoms with Crippen LogP contribution in [0.1, 0.15) is 23.1 Å². The number of rotatable bonds is 8. The zero-order valence-corrected chi connectivity index (χ0v) is 14.0. The fourth-order valence-corrected chi connectivity index (χ4v) is 2.39. The molecule has 0 spiro atoms. The highest BCUT2D eigenvalue weighted by molar-refractivity contribution is 5.76. The zero-order chi connectivity index (χ0) is 16.5. The van der Waals surface area contributed by atoms with E-state index in [2.05, 4.69) is 29.4 Å². The number of nitrogens with one attached hydrogen (secondary N) is 1. The largest absolute Gasteiger partial charge is 0.345 e. The number of carbonyl (C=O) groups excluding carboxylic acids is 1. The quantitative estimate of drug-likeness (QED) is 0.762. The summed E-state index contributed by atoms with van der Waals surface area (Å²) < 4.78 is 0. The van der Waals surface area contributed by atoms with Crippen LogP contribution in [0.5, 0.6) is 0 Å². The highest BCUT2D eigenvalue weighted by Crippen LogP contribution is 2.06. The van der Waals surface area contributed by atoms with Crippen molar-refractivity contribution in [3.05, 3.63) is 65.5 Å². The molecule has 1 amide bonds. The van der Waals surface area contributed by atoms with Gasteiger partial charge in [0.1, 0.15) is 0 Å². The van der Waals surface area contributed by atoms with E-state index in [0.29, 0.717) is 13.0 Å². The molecule has 0 bridgehead atoms. The van der Waals surface area contributed by atoms with Gasteiger partial charge in [-0.15, -0.1) is 0 Å². The summed E-state index contributed by atoms with van der Waals surface area (Å²) in [5.41, 5.74) is 3.77. The highest BCUT2D eigenvalue weighted by atomic mass is 16.2. The second-order valence-corrected chi connectivity index (χ2v) is 5.77. The van der Waals surface area contributed by atoms with Crippen molar-refractivity contribution in [3.8, 4) is 0 Å². The van der Waals surface area contributed by atoms with Gasteiger partial charge in [-0.1, -0.05) is 24.3 Å². The smallest absolute Gasteiger partial charge is 0.223 e. The fourth-order valence-electron chi connectivity index (χ4n) is 2.39. The van der Waals surface area contributed by atoms with Crippen LogP contribution in [0.25, 0.3) is 0 Å². The lowest BCUT2D eigenvalue weighted by Gasteiger charge is -2.17. The Labute approximate surface area is 138 Å². The summed E-state index contributed by atoms with van der Waals surface area (Å²) in [6, 6.07) is 12.3. The monoisotopic (exact) mass is 311 g/mol. The molecule has 1 heterocycles. The Morgan fingerprint density at radius 1 is 1.17 bits per heavy atom. The van der Waals surface area contributed by atoms with Crippen LogP contribution in [-0.4, -0.2) is 35.9 Å². The molecule has 4 heteroatoms. The summed E-state index contributed by atoms with van der Waals surface area (Å²) in [7, 11) is 1.87. The zero-order valence-electron chi connectivity index (χ0n) is 14.0. The molecule has 0 radical (unpaired) electrons. The van der Waals surface area contributed by atoms with Gasteiger partial charge in [0.05, 0.1) is 0 Å². The summed E-state index contributed by atoms with van der Waals surface area (Å²) in [5.74, 6) is 0.177. The number of hydrogen-bond acceptors (Lipinski definition) is 3. The van der Waals surface area contributed by atoms with Crippen LogP contribution in [0.2, 0.25) is 0 Å². The number of hydrogen-bond donors (Lipinski definition) is 1. The Morgan fingerprint density at radius 3 is 2.65 bits per heavy atom. The second kappa shape index (κ2) is 9.06. The number of amides is 1. The SMILES string of the molecule is Cc1ccccc1CNCCC(=O)N(C)CCc1ccncc1. The lowest BCUT2D eigenvalue weighted by molar-refractivity contribution is -0.129. The van der Waals surface area contributed by atoms with Crippen molar-refractivity contribution in [1.82, 2.24) is 15.2 Å². The van der Waals surface area contributed by atoms with Crippen LogP contribution in [0, 0.1) is 6.92 Å². The minimum Gasteiger partial charge on any atom is -0.345 e. The minimum atomic E-state index is 0.177. The highest BCUT2D eigenvalue weighted by Gasteiger charge is 2.08. The molecule has 122 valence electrons. The van der Waals surface area contributed by atoms with E-state index in [0.717, 1.165) is 19.5 Å². The van der Waals surface area contributed by atoms with Crippen molar-refractivity contribution in [2.45, 2.75) is 26.3 Å². The summed E-state index contributed by atoms with van der Waals surface area (Å²) >= 11 is 0. The van der Waals surface area contributed by atoms with E-state index in [1.165, 1.54) is 16.7 Å². The molecule has 0 atom stereocenters. The molecule has 2 aromatic rings. The van der Waals surface area contributed by atoms with Crippen molar-refractivity contribution < 1.29 is 4.79 Å². The van der Waals surface area contributed by atoms with Crippen molar-refractivity contribution in [2.24, 2.45) is 0 Å². The van der Waals surface area contributed by atoms with Gasteiger partial charge in [0, 0.05) is 45.5 Å². The summed E-state index contributed by atoms with van der Waals surface area (Å²) in [5, 5.41) is 3.35. The van der Waals surface area contributed by atoms with Gasteiger partial charge >= 0.3 is 0 Å². The number of benzene rings is 1. The Kier molecular flexibility index (Phi) is 6.76. The van der Waals surface area contributed by atoms with Crippen molar-refractivity contribution in [3.63, 3.8) is 0 Å². The first-order valence-corrected chi connectivity index (χ1v) is 8.05. The predicted octanol–water partition coefficient (Wildman–Crippen LogP) is 2.57. The Morgan fingerprint density at radius 2 is 1.91 bits per heavy atom. The van der Waals surface area contributed by atoms with Crippen LogP contribution >= 0.6 is 0 Å². The number of pyridine rings is 1. The van der Waals surface area contributed by atoms with Crippen molar-refractivity contribution >= 4 is 5.91 Å². The van der Waals surface area contributed by atoms with Crippen molar-refractivity contribution in [2.75, 3.05) is 20.1 Å². The molecule has 0 fully saturated rings. The molecule has 0 aliphatic carbocycles. The van der Waals surface area contributed by atoms with Gasteiger partial charge in [0.25, 0.3) is 0 Å². The van der Waals surface area contributed by atoms with E-state index >= 15 is 0 Å². The van der Waals surface area contributed by atoms with Crippen LogP contribution in [0.15, 0.2) is 48.8 Å². The summed E-state index contributed by atoms with van der Waals surface area (Å²) in [6.45, 7) is 4.35. The predicted molar refractivity (Wildman–Crippen MR) is 93.1 cm³/mol. The minimum absolute atomic E-state index is 0.177. The number of nitrogens with zero attached hydrogens (tertiary/aromatic N) is 2. The third-order valence-electron chi connectivity index (χ3n) is 4.00. The molecule has 0 unspecified atom stereocenters. The average molecular weight is 311 g/mol. The van der Waals surface area contributed by atoms with E-state index in [-0.39, 0.29) is 5.91 Å². The van der Waals surface area contributed by atoms with E-state index in [1.54, 1.807) is 17.3 Å². The molecule has 4 nitrogen and oxygen atoms in total. The standard InChI is InChI=1S/C19H25N3O/c1-16-5-3-4-6-18(16)15-21-13-9-19(23)22(2)14-10-17-7-11-20-12-8-17/h3-8,11-12,21H,9-10,13-15H2,1-2H3. The molecular weight excluding hydrogens is 286 g/mol. The molecular formula is C19H25N3O. The molecule has 23 heavy (non-hydrogen) atoms. The van der Waals surface area contributed by atoms with Crippen LogP contribution in [0.4, 0.5) is 0 Å². The maximum absolute atomic E-state index is 12.1. The summed E-state index contributed by atoms with van der Waals surface area (Å²) in [4.78, 5) is 17.9. The van der Waals surface area contributed by atoms with Gasteiger partial charge in [0.15, 0.2) is 0 Å². The van der Waals surface area contributed by atoms with Crippen LogP contribution in [0.3, 0.4) is 0 Å². The average Bonchev–Trinajstić information content (AvgIpc) is 2.58.